The minimum atomic E-state index is 0.505. The summed E-state index contributed by atoms with van der Waals surface area (Å²) in [6.07, 6.45) is 6.99. The van der Waals surface area contributed by atoms with Gasteiger partial charge in [0.25, 0.3) is 0 Å². The summed E-state index contributed by atoms with van der Waals surface area (Å²) in [5, 5.41) is 2.00. The van der Waals surface area contributed by atoms with Gasteiger partial charge in [0.05, 0.1) is 15.6 Å². The first-order chi connectivity index (χ1) is 11.2. The summed E-state index contributed by atoms with van der Waals surface area (Å²) in [5.74, 6) is 0.791. The molecule has 2 heterocycles. The van der Waals surface area contributed by atoms with Gasteiger partial charge < -0.3 is 0 Å². The molecule has 4 rings (SSSR count). The fourth-order valence-electron chi connectivity index (χ4n) is 2.48. The van der Waals surface area contributed by atoms with Gasteiger partial charge in [0, 0.05) is 35.2 Å². The second kappa shape index (κ2) is 5.65. The van der Waals surface area contributed by atoms with E-state index in [9.17, 15) is 0 Å². The van der Waals surface area contributed by atoms with E-state index in [0.29, 0.717) is 10.0 Å². The minimum absolute atomic E-state index is 0.505. The lowest BCUT2D eigenvalue weighted by molar-refractivity contribution is 1.07. The van der Waals surface area contributed by atoms with Crippen molar-refractivity contribution >= 4 is 34.1 Å². The molecule has 0 atom stereocenters. The Labute approximate surface area is 142 Å². The zero-order valence-corrected chi connectivity index (χ0v) is 13.3. The second-order valence-corrected chi connectivity index (χ2v) is 5.83. The third kappa shape index (κ3) is 2.56. The molecule has 0 bridgehead atoms. The van der Waals surface area contributed by atoms with Crippen molar-refractivity contribution in [2.45, 2.75) is 0 Å². The van der Waals surface area contributed by atoms with Crippen molar-refractivity contribution in [3.05, 3.63) is 71.4 Å². The molecule has 0 saturated carbocycles. The minimum Gasteiger partial charge on any atom is -0.300 e. The van der Waals surface area contributed by atoms with Crippen LogP contribution in [0.3, 0.4) is 0 Å². The lowest BCUT2D eigenvalue weighted by Gasteiger charge is -2.09. The smallest absolute Gasteiger partial charge is 0.144 e. The number of imidazole rings is 1. The molecule has 4 nitrogen and oxygen atoms in total. The molecule has 0 N–H and O–H groups in total. The van der Waals surface area contributed by atoms with Crippen LogP contribution < -0.4 is 0 Å². The Morgan fingerprint density at radius 3 is 2.70 bits per heavy atom. The maximum absolute atomic E-state index is 6.12. The summed E-state index contributed by atoms with van der Waals surface area (Å²) in [4.78, 5) is 12.8. The zero-order chi connectivity index (χ0) is 15.8. The van der Waals surface area contributed by atoms with Gasteiger partial charge in [0.15, 0.2) is 0 Å². The second-order valence-electron chi connectivity index (χ2n) is 5.02. The third-order valence-electron chi connectivity index (χ3n) is 3.58. The molecule has 6 heteroatoms. The molecule has 112 valence electrons. The predicted molar refractivity (Wildman–Crippen MR) is 92.1 cm³/mol. The van der Waals surface area contributed by atoms with Crippen molar-refractivity contribution < 1.29 is 0 Å². The molecule has 0 aliphatic heterocycles. The SMILES string of the molecule is Clc1ccc(-c2nccn2-c2ccc3ncncc3c2)cc1Cl. The highest BCUT2D eigenvalue weighted by Crippen LogP contribution is 2.29. The Morgan fingerprint density at radius 2 is 1.83 bits per heavy atom. The number of rotatable bonds is 2. The van der Waals surface area contributed by atoms with E-state index in [1.54, 1.807) is 24.8 Å². The molecule has 0 fully saturated rings. The fraction of sp³-hybridized carbons (Fsp3) is 0. The lowest BCUT2D eigenvalue weighted by atomic mass is 10.2. The third-order valence-corrected chi connectivity index (χ3v) is 4.32. The fourth-order valence-corrected chi connectivity index (χ4v) is 2.78. The highest BCUT2D eigenvalue weighted by molar-refractivity contribution is 6.42. The van der Waals surface area contributed by atoms with Crippen molar-refractivity contribution in [3.63, 3.8) is 0 Å². The van der Waals surface area contributed by atoms with Crippen molar-refractivity contribution in [3.8, 4) is 17.1 Å². The molecule has 23 heavy (non-hydrogen) atoms. The van der Waals surface area contributed by atoms with Crippen molar-refractivity contribution in [1.29, 1.82) is 0 Å². The molecule has 0 aliphatic carbocycles. The largest absolute Gasteiger partial charge is 0.300 e. The predicted octanol–water partition coefficient (Wildman–Crippen LogP) is 4.79. The van der Waals surface area contributed by atoms with Gasteiger partial charge in [-0.25, -0.2) is 15.0 Å². The van der Waals surface area contributed by atoms with Crippen molar-refractivity contribution in [2.75, 3.05) is 0 Å². The molecule has 2 aromatic heterocycles. The van der Waals surface area contributed by atoms with E-state index in [2.05, 4.69) is 15.0 Å². The van der Waals surface area contributed by atoms with E-state index < -0.39 is 0 Å². The highest BCUT2D eigenvalue weighted by Gasteiger charge is 2.10. The first-order valence-electron chi connectivity index (χ1n) is 6.91. The number of fused-ring (bicyclic) bond motifs is 1. The quantitative estimate of drug-likeness (QED) is 0.527. The normalized spacial score (nSPS) is 11.0. The number of benzene rings is 2. The van der Waals surface area contributed by atoms with E-state index in [-0.39, 0.29) is 0 Å². The van der Waals surface area contributed by atoms with Gasteiger partial charge in [-0.1, -0.05) is 23.2 Å². The zero-order valence-electron chi connectivity index (χ0n) is 11.8. The Hall–Kier alpha value is -2.43. The van der Waals surface area contributed by atoms with E-state index in [0.717, 1.165) is 28.0 Å². The lowest BCUT2D eigenvalue weighted by Crippen LogP contribution is -1.96. The van der Waals surface area contributed by atoms with Crippen LogP contribution in [0.15, 0.2) is 61.3 Å². The average molecular weight is 341 g/mol. The number of hydrogen-bond donors (Lipinski definition) is 0. The monoisotopic (exact) mass is 340 g/mol. The number of halogens is 2. The van der Waals surface area contributed by atoms with Gasteiger partial charge >= 0.3 is 0 Å². The molecule has 0 aliphatic rings. The van der Waals surface area contributed by atoms with Gasteiger partial charge in [0.1, 0.15) is 12.2 Å². The van der Waals surface area contributed by atoms with Gasteiger partial charge in [-0.15, -0.1) is 0 Å². The van der Waals surface area contributed by atoms with E-state index >= 15 is 0 Å². The standard InChI is InChI=1S/C17H10Cl2N4/c18-14-3-1-11(8-15(14)19)17-21-5-6-23(17)13-2-4-16-12(7-13)9-20-10-22-16/h1-10H. The molecule has 2 aromatic carbocycles. The summed E-state index contributed by atoms with van der Waals surface area (Å²) in [6.45, 7) is 0. The van der Waals surface area contributed by atoms with Crippen LogP contribution >= 0.6 is 23.2 Å². The number of hydrogen-bond acceptors (Lipinski definition) is 3. The van der Waals surface area contributed by atoms with E-state index in [1.165, 1.54) is 0 Å². The first-order valence-corrected chi connectivity index (χ1v) is 7.67. The summed E-state index contributed by atoms with van der Waals surface area (Å²) >= 11 is 12.1. The van der Waals surface area contributed by atoms with Gasteiger partial charge in [-0.3, -0.25) is 4.57 Å². The maximum Gasteiger partial charge on any atom is 0.144 e. The highest BCUT2D eigenvalue weighted by atomic mass is 35.5. The van der Waals surface area contributed by atoms with Gasteiger partial charge in [-0.2, -0.15) is 0 Å². The van der Waals surface area contributed by atoms with Crippen LogP contribution in [-0.4, -0.2) is 19.5 Å². The summed E-state index contributed by atoms with van der Waals surface area (Å²) in [6, 6.07) is 11.5. The molecular weight excluding hydrogens is 331 g/mol. The Kier molecular flexibility index (Phi) is 3.48. The topological polar surface area (TPSA) is 43.6 Å². The van der Waals surface area contributed by atoms with Crippen molar-refractivity contribution in [1.82, 2.24) is 19.5 Å². The first kappa shape index (κ1) is 14.2. The summed E-state index contributed by atoms with van der Waals surface area (Å²) in [5.41, 5.74) is 2.78. The van der Waals surface area contributed by atoms with Crippen LogP contribution in [0.25, 0.3) is 28.0 Å². The molecule has 0 radical (unpaired) electrons. The number of aromatic nitrogens is 4. The maximum atomic E-state index is 6.12. The Morgan fingerprint density at radius 1 is 0.913 bits per heavy atom. The molecule has 0 unspecified atom stereocenters. The number of nitrogens with zero attached hydrogens (tertiary/aromatic N) is 4. The van der Waals surface area contributed by atoms with E-state index in [4.69, 9.17) is 23.2 Å². The van der Waals surface area contributed by atoms with Crippen LogP contribution in [0.4, 0.5) is 0 Å². The van der Waals surface area contributed by atoms with Crippen LogP contribution in [0.2, 0.25) is 10.0 Å². The molecular formula is C17H10Cl2N4. The summed E-state index contributed by atoms with van der Waals surface area (Å²) < 4.78 is 1.99. The van der Waals surface area contributed by atoms with Crippen LogP contribution in [0.5, 0.6) is 0 Å². The van der Waals surface area contributed by atoms with Gasteiger partial charge in [0.2, 0.25) is 0 Å². The Bertz CT molecular complexity index is 1010. The van der Waals surface area contributed by atoms with Crippen molar-refractivity contribution in [2.24, 2.45) is 0 Å². The van der Waals surface area contributed by atoms with Crippen LogP contribution in [-0.2, 0) is 0 Å². The van der Waals surface area contributed by atoms with E-state index in [1.807, 2.05) is 41.1 Å². The molecule has 0 amide bonds. The Balaban J connectivity index is 1.86. The average Bonchev–Trinajstić information content (AvgIpc) is 3.06. The summed E-state index contributed by atoms with van der Waals surface area (Å²) in [7, 11) is 0. The van der Waals surface area contributed by atoms with Gasteiger partial charge in [-0.05, 0) is 36.4 Å². The molecule has 4 aromatic rings. The molecule has 0 saturated heterocycles. The molecule has 0 spiro atoms. The van der Waals surface area contributed by atoms with Crippen LogP contribution in [0.1, 0.15) is 0 Å². The van der Waals surface area contributed by atoms with Crippen LogP contribution in [0, 0.1) is 0 Å².